The van der Waals surface area contributed by atoms with Gasteiger partial charge in [-0.05, 0) is 41.5 Å². The fourth-order valence-corrected chi connectivity index (χ4v) is 2.45. The molecule has 0 fully saturated rings. The highest BCUT2D eigenvalue weighted by Gasteiger charge is 2.13. The lowest BCUT2D eigenvalue weighted by molar-refractivity contribution is 0.606. The van der Waals surface area contributed by atoms with E-state index >= 15 is 0 Å². The smallest absolute Gasteiger partial charge is 0.180 e. The summed E-state index contributed by atoms with van der Waals surface area (Å²) in [6, 6.07) is 1.94. The largest absolute Gasteiger partial charge is 0.383 e. The van der Waals surface area contributed by atoms with Crippen molar-refractivity contribution >= 4 is 28.4 Å². The molecule has 2 rings (SSSR count). The highest BCUT2D eigenvalue weighted by atomic mass is 127. The molecule has 0 aliphatic carbocycles. The molecule has 2 N–H and O–H groups in total. The van der Waals surface area contributed by atoms with E-state index in [1.165, 1.54) is 0 Å². The maximum atomic E-state index is 5.99. The SMILES string of the molecule is CCCc1nc(-c2ccnn2CCC)nc(N)c1I. The molecule has 0 bridgehead atoms. The van der Waals surface area contributed by atoms with Gasteiger partial charge in [-0.25, -0.2) is 9.97 Å². The predicted molar refractivity (Wildman–Crippen MR) is 84.7 cm³/mol. The molecule has 19 heavy (non-hydrogen) atoms. The molecule has 0 atom stereocenters. The summed E-state index contributed by atoms with van der Waals surface area (Å²) in [5.74, 6) is 1.23. The first-order valence-electron chi connectivity index (χ1n) is 6.51. The zero-order valence-electron chi connectivity index (χ0n) is 11.2. The first-order chi connectivity index (χ1) is 9.17. The van der Waals surface area contributed by atoms with Crippen LogP contribution in [0.3, 0.4) is 0 Å². The van der Waals surface area contributed by atoms with E-state index in [-0.39, 0.29) is 0 Å². The summed E-state index contributed by atoms with van der Waals surface area (Å²) in [5.41, 5.74) is 7.95. The maximum Gasteiger partial charge on any atom is 0.180 e. The van der Waals surface area contributed by atoms with Gasteiger partial charge in [-0.3, -0.25) is 4.68 Å². The van der Waals surface area contributed by atoms with E-state index < -0.39 is 0 Å². The first-order valence-corrected chi connectivity index (χ1v) is 7.59. The molecule has 0 aliphatic rings. The van der Waals surface area contributed by atoms with Crippen LogP contribution in [0.15, 0.2) is 12.3 Å². The number of aromatic nitrogens is 4. The summed E-state index contributed by atoms with van der Waals surface area (Å²) in [5, 5.41) is 4.30. The standard InChI is InChI=1S/C13H18IN5/c1-3-5-9-11(14)12(15)18-13(17-9)10-6-7-16-19(10)8-4-2/h6-7H,3-5,8H2,1-2H3,(H2,15,17,18). The second-order valence-electron chi connectivity index (χ2n) is 4.38. The highest BCUT2D eigenvalue weighted by molar-refractivity contribution is 14.1. The number of rotatable bonds is 5. The van der Waals surface area contributed by atoms with Crippen molar-refractivity contribution < 1.29 is 0 Å². The van der Waals surface area contributed by atoms with Crippen LogP contribution in [0.2, 0.25) is 0 Å². The lowest BCUT2D eigenvalue weighted by Crippen LogP contribution is -2.08. The molecule has 102 valence electrons. The van der Waals surface area contributed by atoms with E-state index in [1.807, 2.05) is 10.7 Å². The molecule has 5 nitrogen and oxygen atoms in total. The normalized spacial score (nSPS) is 10.9. The van der Waals surface area contributed by atoms with Crippen LogP contribution in [0.4, 0.5) is 5.82 Å². The van der Waals surface area contributed by atoms with Gasteiger partial charge in [0.15, 0.2) is 5.82 Å². The third-order valence-electron chi connectivity index (χ3n) is 2.81. The van der Waals surface area contributed by atoms with Gasteiger partial charge in [0, 0.05) is 12.7 Å². The van der Waals surface area contributed by atoms with Crippen molar-refractivity contribution in [1.82, 2.24) is 19.7 Å². The predicted octanol–water partition coefficient (Wildman–Crippen LogP) is 2.89. The number of aryl methyl sites for hydroxylation is 2. The number of hydrogen-bond acceptors (Lipinski definition) is 4. The van der Waals surface area contributed by atoms with Gasteiger partial charge in [0.25, 0.3) is 0 Å². The van der Waals surface area contributed by atoms with Gasteiger partial charge in [-0.1, -0.05) is 20.3 Å². The molecule has 6 heteroatoms. The fourth-order valence-electron chi connectivity index (χ4n) is 1.94. The Morgan fingerprint density at radius 3 is 2.74 bits per heavy atom. The van der Waals surface area contributed by atoms with Gasteiger partial charge in [0.1, 0.15) is 11.5 Å². The Bertz CT molecular complexity index is 564. The summed E-state index contributed by atoms with van der Waals surface area (Å²) in [7, 11) is 0. The second kappa shape index (κ2) is 6.31. The number of nitrogens with zero attached hydrogens (tertiary/aromatic N) is 4. The van der Waals surface area contributed by atoms with Crippen LogP contribution in [0, 0.1) is 3.57 Å². The fraction of sp³-hybridized carbons (Fsp3) is 0.462. The minimum absolute atomic E-state index is 0.554. The molecule has 0 aliphatic heterocycles. The minimum Gasteiger partial charge on any atom is -0.383 e. The van der Waals surface area contributed by atoms with Crippen LogP contribution >= 0.6 is 22.6 Å². The minimum atomic E-state index is 0.554. The molecule has 0 radical (unpaired) electrons. The van der Waals surface area contributed by atoms with Gasteiger partial charge in [0.2, 0.25) is 0 Å². The van der Waals surface area contributed by atoms with Crippen molar-refractivity contribution in [3.05, 3.63) is 21.5 Å². The number of anilines is 1. The molecular formula is C13H18IN5. The molecule has 2 aromatic rings. The lowest BCUT2D eigenvalue weighted by Gasteiger charge is -2.09. The van der Waals surface area contributed by atoms with Gasteiger partial charge < -0.3 is 5.73 Å². The highest BCUT2D eigenvalue weighted by Crippen LogP contribution is 2.23. The van der Waals surface area contributed by atoms with Crippen molar-refractivity contribution in [3.63, 3.8) is 0 Å². The topological polar surface area (TPSA) is 69.6 Å². The third-order valence-corrected chi connectivity index (χ3v) is 3.99. The third kappa shape index (κ3) is 3.05. The zero-order valence-corrected chi connectivity index (χ0v) is 13.4. The van der Waals surface area contributed by atoms with Crippen LogP contribution in [0.5, 0.6) is 0 Å². The van der Waals surface area contributed by atoms with Crippen LogP contribution in [0.25, 0.3) is 11.5 Å². The molecule has 0 amide bonds. The van der Waals surface area contributed by atoms with E-state index in [0.29, 0.717) is 11.6 Å². The summed E-state index contributed by atoms with van der Waals surface area (Å²) >= 11 is 2.22. The van der Waals surface area contributed by atoms with Gasteiger partial charge in [-0.15, -0.1) is 0 Å². The Balaban J connectivity index is 2.47. The molecular weight excluding hydrogens is 353 g/mol. The van der Waals surface area contributed by atoms with Crippen LogP contribution in [-0.2, 0) is 13.0 Å². The lowest BCUT2D eigenvalue weighted by atomic mass is 10.2. The zero-order chi connectivity index (χ0) is 13.8. The van der Waals surface area contributed by atoms with E-state index in [9.17, 15) is 0 Å². The number of nitrogen functional groups attached to an aromatic ring is 1. The Kier molecular flexibility index (Phi) is 4.73. The van der Waals surface area contributed by atoms with Crippen molar-refractivity contribution in [2.45, 2.75) is 39.7 Å². The van der Waals surface area contributed by atoms with E-state index in [2.05, 4.69) is 51.5 Å². The van der Waals surface area contributed by atoms with Crippen LogP contribution in [-0.4, -0.2) is 19.7 Å². The van der Waals surface area contributed by atoms with E-state index in [4.69, 9.17) is 5.73 Å². The van der Waals surface area contributed by atoms with Gasteiger partial charge >= 0.3 is 0 Å². The molecule has 0 saturated heterocycles. The Labute approximate surface area is 126 Å². The summed E-state index contributed by atoms with van der Waals surface area (Å²) in [4.78, 5) is 9.05. The number of hydrogen-bond donors (Lipinski definition) is 1. The summed E-state index contributed by atoms with van der Waals surface area (Å²) < 4.78 is 2.89. The maximum absolute atomic E-state index is 5.99. The summed E-state index contributed by atoms with van der Waals surface area (Å²) in [6.45, 7) is 5.12. The molecule has 2 aromatic heterocycles. The number of nitrogens with two attached hydrogens (primary N) is 1. The Hall–Kier alpha value is -1.18. The van der Waals surface area contributed by atoms with Crippen LogP contribution < -0.4 is 5.73 Å². The molecule has 2 heterocycles. The second-order valence-corrected chi connectivity index (χ2v) is 5.46. The quantitative estimate of drug-likeness (QED) is 0.821. The Morgan fingerprint density at radius 2 is 2.05 bits per heavy atom. The molecule has 0 saturated carbocycles. The molecule has 0 spiro atoms. The monoisotopic (exact) mass is 371 g/mol. The molecule has 0 unspecified atom stereocenters. The van der Waals surface area contributed by atoms with Gasteiger partial charge in [0.05, 0.1) is 9.26 Å². The average molecular weight is 371 g/mol. The van der Waals surface area contributed by atoms with Crippen molar-refractivity contribution in [1.29, 1.82) is 0 Å². The first kappa shape index (κ1) is 14.2. The van der Waals surface area contributed by atoms with E-state index in [1.54, 1.807) is 6.20 Å². The molecule has 0 aromatic carbocycles. The van der Waals surface area contributed by atoms with Crippen molar-refractivity contribution in [2.75, 3.05) is 5.73 Å². The average Bonchev–Trinajstić information content (AvgIpc) is 2.84. The van der Waals surface area contributed by atoms with Crippen LogP contribution in [0.1, 0.15) is 32.4 Å². The van der Waals surface area contributed by atoms with Crippen molar-refractivity contribution in [2.24, 2.45) is 0 Å². The summed E-state index contributed by atoms with van der Waals surface area (Å²) in [6.07, 6.45) is 4.76. The Morgan fingerprint density at radius 1 is 1.26 bits per heavy atom. The number of halogens is 1. The van der Waals surface area contributed by atoms with Gasteiger partial charge in [-0.2, -0.15) is 5.10 Å². The van der Waals surface area contributed by atoms with E-state index in [0.717, 1.165) is 40.8 Å². The van der Waals surface area contributed by atoms with Crippen molar-refractivity contribution in [3.8, 4) is 11.5 Å².